The van der Waals surface area contributed by atoms with Gasteiger partial charge in [0.25, 0.3) is 0 Å². The van der Waals surface area contributed by atoms with E-state index in [1.54, 1.807) is 0 Å². The largest absolute Gasteiger partial charge is 0.422 e. The zero-order valence-electron chi connectivity index (χ0n) is 9.48. The van der Waals surface area contributed by atoms with Crippen LogP contribution in [0.25, 0.3) is 0 Å². The highest BCUT2D eigenvalue weighted by atomic mass is 28.2. The first-order valence-corrected chi connectivity index (χ1v) is 5.89. The van der Waals surface area contributed by atoms with E-state index in [1.807, 2.05) is 0 Å². The first-order valence-electron chi connectivity index (χ1n) is 5.08. The quantitative estimate of drug-likeness (QED) is 0.601. The van der Waals surface area contributed by atoms with E-state index in [0.717, 1.165) is 10.5 Å². The molecule has 0 saturated carbocycles. The summed E-state index contributed by atoms with van der Waals surface area (Å²) < 4.78 is 5.78. The van der Waals surface area contributed by atoms with Gasteiger partial charge >= 0.3 is 0 Å². The van der Waals surface area contributed by atoms with Gasteiger partial charge in [-0.15, -0.1) is 0 Å². The molecule has 12 heavy (non-hydrogen) atoms. The molecule has 0 radical (unpaired) electrons. The Kier molecular flexibility index (Phi) is 5.10. The van der Waals surface area contributed by atoms with Gasteiger partial charge < -0.3 is 4.43 Å². The van der Waals surface area contributed by atoms with Crippen molar-refractivity contribution in [3.8, 4) is 0 Å². The first kappa shape index (κ1) is 12.2. The van der Waals surface area contributed by atoms with Crippen molar-refractivity contribution in [2.45, 2.75) is 53.1 Å². The van der Waals surface area contributed by atoms with E-state index in [0.29, 0.717) is 11.8 Å². The van der Waals surface area contributed by atoms with Gasteiger partial charge in [-0.2, -0.15) is 0 Å². The summed E-state index contributed by atoms with van der Waals surface area (Å²) in [5.41, 5.74) is 0.121. The molecule has 74 valence electrons. The fourth-order valence-electron chi connectivity index (χ4n) is 1.70. The predicted octanol–water partition coefficient (Wildman–Crippen LogP) is 2.13. The van der Waals surface area contributed by atoms with Crippen LogP contribution in [0.15, 0.2) is 0 Å². The van der Waals surface area contributed by atoms with Crippen molar-refractivity contribution < 1.29 is 4.43 Å². The Balaban J connectivity index is 4.42. The lowest BCUT2D eigenvalue weighted by atomic mass is 9.78. The summed E-state index contributed by atoms with van der Waals surface area (Å²) in [6.45, 7) is 11.3. The van der Waals surface area contributed by atoms with E-state index in [1.165, 1.54) is 12.8 Å². The number of hydrogen-bond donors (Lipinski definition) is 0. The lowest BCUT2D eigenvalue weighted by Gasteiger charge is -2.40. The zero-order valence-corrected chi connectivity index (χ0v) is 11.5. The molecule has 0 aliphatic heterocycles. The van der Waals surface area contributed by atoms with Gasteiger partial charge in [-0.1, -0.05) is 40.5 Å². The highest BCUT2D eigenvalue weighted by molar-refractivity contribution is 5.98. The Labute approximate surface area is 80.4 Å². The van der Waals surface area contributed by atoms with Crippen LogP contribution in [0.1, 0.15) is 47.5 Å². The summed E-state index contributed by atoms with van der Waals surface area (Å²) in [6, 6.07) is 0. The fraction of sp³-hybridized carbons (Fsp3) is 1.00. The Hall–Kier alpha value is 0.177. The van der Waals surface area contributed by atoms with Crippen molar-refractivity contribution in [1.29, 1.82) is 0 Å². The van der Waals surface area contributed by atoms with E-state index >= 15 is 0 Å². The second-order valence-electron chi connectivity index (χ2n) is 4.01. The minimum absolute atomic E-state index is 0.121. The molecule has 0 bridgehead atoms. The van der Waals surface area contributed by atoms with Gasteiger partial charge in [-0.05, 0) is 18.8 Å². The van der Waals surface area contributed by atoms with Gasteiger partial charge in [0.05, 0.1) is 5.60 Å². The second kappa shape index (κ2) is 5.03. The average molecular weight is 188 g/mol. The van der Waals surface area contributed by atoms with Crippen LogP contribution in [0.4, 0.5) is 0 Å². The zero-order chi connectivity index (χ0) is 9.78. The summed E-state index contributed by atoms with van der Waals surface area (Å²) in [7, 11) is 0.852. The van der Waals surface area contributed by atoms with Crippen molar-refractivity contribution in [2.75, 3.05) is 0 Å². The molecule has 0 heterocycles. The summed E-state index contributed by atoms with van der Waals surface area (Å²) >= 11 is 0. The molecule has 0 spiro atoms. The third-order valence-electron chi connectivity index (χ3n) is 3.62. The summed E-state index contributed by atoms with van der Waals surface area (Å²) in [5, 5.41) is 0. The van der Waals surface area contributed by atoms with Crippen molar-refractivity contribution in [3.05, 3.63) is 0 Å². The van der Waals surface area contributed by atoms with Crippen LogP contribution in [-0.2, 0) is 4.43 Å². The molecular weight excluding hydrogens is 164 g/mol. The van der Waals surface area contributed by atoms with Crippen molar-refractivity contribution in [3.63, 3.8) is 0 Å². The van der Waals surface area contributed by atoms with Crippen LogP contribution in [0.5, 0.6) is 0 Å². The lowest BCUT2D eigenvalue weighted by Crippen LogP contribution is -2.41. The maximum absolute atomic E-state index is 5.78. The SMILES string of the molecule is CCC(C)C(C)(O[SiH3])C(C)CC. The molecule has 0 aliphatic rings. The van der Waals surface area contributed by atoms with Gasteiger partial charge in [0.1, 0.15) is 10.5 Å². The molecule has 2 unspecified atom stereocenters. The molecule has 1 nitrogen and oxygen atoms in total. The predicted molar refractivity (Wildman–Crippen MR) is 58.3 cm³/mol. The minimum atomic E-state index is 0.121. The van der Waals surface area contributed by atoms with E-state index in [-0.39, 0.29) is 5.60 Å². The fourth-order valence-corrected chi connectivity index (χ4v) is 2.50. The van der Waals surface area contributed by atoms with Crippen molar-refractivity contribution in [2.24, 2.45) is 11.8 Å². The molecule has 2 heteroatoms. The third kappa shape index (κ3) is 2.33. The smallest absolute Gasteiger partial charge is 0.146 e. The maximum Gasteiger partial charge on any atom is 0.146 e. The van der Waals surface area contributed by atoms with E-state index in [9.17, 15) is 0 Å². The van der Waals surface area contributed by atoms with Crippen molar-refractivity contribution in [1.82, 2.24) is 0 Å². The molecule has 0 saturated heterocycles. The standard InChI is InChI=1S/C10H24OSi/c1-6-8(3)10(5,11-12)9(4)7-2/h8-9H,6-7H2,1-5,12H3. The van der Waals surface area contributed by atoms with E-state index in [2.05, 4.69) is 34.6 Å². The minimum Gasteiger partial charge on any atom is -0.422 e. The Morgan fingerprint density at radius 2 is 1.50 bits per heavy atom. The van der Waals surface area contributed by atoms with Crippen LogP contribution in [0, 0.1) is 11.8 Å². The molecule has 0 amide bonds. The molecule has 0 aromatic heterocycles. The van der Waals surface area contributed by atoms with Crippen LogP contribution in [0.3, 0.4) is 0 Å². The Morgan fingerprint density at radius 3 is 1.67 bits per heavy atom. The summed E-state index contributed by atoms with van der Waals surface area (Å²) in [6.07, 6.45) is 2.42. The molecule has 0 aromatic carbocycles. The van der Waals surface area contributed by atoms with E-state index in [4.69, 9.17) is 4.43 Å². The highest BCUT2D eigenvalue weighted by Crippen LogP contribution is 2.32. The molecule has 0 N–H and O–H groups in total. The van der Waals surface area contributed by atoms with Gasteiger partial charge in [-0.25, -0.2) is 0 Å². The second-order valence-corrected chi connectivity index (χ2v) is 4.41. The molecule has 0 aliphatic carbocycles. The van der Waals surface area contributed by atoms with Crippen LogP contribution < -0.4 is 0 Å². The molecule has 0 fully saturated rings. The van der Waals surface area contributed by atoms with Gasteiger partial charge in [-0.3, -0.25) is 0 Å². The highest BCUT2D eigenvalue weighted by Gasteiger charge is 2.33. The topological polar surface area (TPSA) is 9.23 Å². The number of rotatable bonds is 5. The van der Waals surface area contributed by atoms with Gasteiger partial charge in [0, 0.05) is 0 Å². The van der Waals surface area contributed by atoms with E-state index < -0.39 is 0 Å². The van der Waals surface area contributed by atoms with Crippen molar-refractivity contribution >= 4 is 10.5 Å². The first-order chi connectivity index (χ1) is 5.52. The maximum atomic E-state index is 5.78. The lowest BCUT2D eigenvalue weighted by molar-refractivity contribution is -0.0128. The monoisotopic (exact) mass is 188 g/mol. The van der Waals surface area contributed by atoms with Crippen LogP contribution >= 0.6 is 0 Å². The normalized spacial score (nSPS) is 21.8. The van der Waals surface area contributed by atoms with Gasteiger partial charge in [0.15, 0.2) is 0 Å². The molecule has 0 rings (SSSR count). The van der Waals surface area contributed by atoms with Crippen LogP contribution in [0.2, 0.25) is 0 Å². The molecule has 0 aromatic rings. The van der Waals surface area contributed by atoms with Gasteiger partial charge in [0.2, 0.25) is 0 Å². The van der Waals surface area contributed by atoms with Crippen LogP contribution in [-0.4, -0.2) is 16.1 Å². The summed E-state index contributed by atoms with van der Waals surface area (Å²) in [4.78, 5) is 0. The molecular formula is C10H24OSi. The Morgan fingerprint density at radius 1 is 1.17 bits per heavy atom. The average Bonchev–Trinajstić information content (AvgIpc) is 2.13. The molecule has 2 atom stereocenters. The number of hydrogen-bond acceptors (Lipinski definition) is 1. The Bertz CT molecular complexity index is 115. The third-order valence-corrected chi connectivity index (χ3v) is 4.50. The summed E-state index contributed by atoms with van der Waals surface area (Å²) in [5.74, 6) is 1.34.